The van der Waals surface area contributed by atoms with E-state index in [0.29, 0.717) is 18.2 Å². The van der Waals surface area contributed by atoms with E-state index in [4.69, 9.17) is 4.74 Å². The Morgan fingerprint density at radius 2 is 2.00 bits per heavy atom. The Morgan fingerprint density at radius 3 is 2.67 bits per heavy atom. The lowest BCUT2D eigenvalue weighted by Gasteiger charge is -2.10. The van der Waals surface area contributed by atoms with Gasteiger partial charge < -0.3 is 15.4 Å². The number of aromatic nitrogens is 4. The maximum absolute atomic E-state index is 5.18. The van der Waals surface area contributed by atoms with Crippen molar-refractivity contribution >= 4 is 41.3 Å². The largest absolute Gasteiger partial charge is 0.497 e. The van der Waals surface area contributed by atoms with Crippen LogP contribution >= 0.6 is 35.3 Å². The van der Waals surface area contributed by atoms with Crippen LogP contribution in [0.15, 0.2) is 35.5 Å². The lowest BCUT2D eigenvalue weighted by Crippen LogP contribution is -2.38. The van der Waals surface area contributed by atoms with Gasteiger partial charge in [0, 0.05) is 36.1 Å². The van der Waals surface area contributed by atoms with Crippen LogP contribution in [-0.2, 0) is 19.4 Å². The molecule has 30 heavy (non-hydrogen) atoms. The molecule has 8 nitrogen and oxygen atoms in total. The molecule has 0 aliphatic carbocycles. The van der Waals surface area contributed by atoms with E-state index in [-0.39, 0.29) is 24.0 Å². The second kappa shape index (κ2) is 12.5. The zero-order valence-corrected chi connectivity index (χ0v) is 20.6. The fraction of sp³-hybridized carbons (Fsp3) is 0.400. The highest BCUT2D eigenvalue weighted by Crippen LogP contribution is 2.19. The number of halogens is 1. The highest BCUT2D eigenvalue weighted by atomic mass is 127. The maximum atomic E-state index is 5.18. The van der Waals surface area contributed by atoms with Gasteiger partial charge in [-0.3, -0.25) is 5.10 Å². The first kappa shape index (κ1) is 24.1. The minimum absolute atomic E-state index is 0. The van der Waals surface area contributed by atoms with Gasteiger partial charge in [-0.2, -0.15) is 5.10 Å². The molecule has 3 aromatic rings. The summed E-state index contributed by atoms with van der Waals surface area (Å²) in [7, 11) is 1.65. The normalized spacial score (nSPS) is 11.1. The number of hydrogen-bond acceptors (Lipinski definition) is 6. The molecule has 0 aliphatic heterocycles. The minimum Gasteiger partial charge on any atom is -0.497 e. The number of guanidine groups is 1. The van der Waals surface area contributed by atoms with Crippen LogP contribution < -0.4 is 15.4 Å². The van der Waals surface area contributed by atoms with Gasteiger partial charge in [0.25, 0.3) is 0 Å². The van der Waals surface area contributed by atoms with E-state index in [9.17, 15) is 0 Å². The first-order valence-corrected chi connectivity index (χ1v) is 10.5. The SMILES string of the molecule is CCNC(=NCc1nc(-c2ccc(OC)cc2)n[nH]1)NCCc1ncc(CC)s1.I. The topological polar surface area (TPSA) is 100 Å². The Labute approximate surface area is 198 Å². The molecule has 2 aromatic heterocycles. The maximum Gasteiger partial charge on any atom is 0.191 e. The van der Waals surface area contributed by atoms with E-state index in [1.54, 1.807) is 18.4 Å². The monoisotopic (exact) mass is 541 g/mol. The molecule has 0 fully saturated rings. The van der Waals surface area contributed by atoms with Crippen molar-refractivity contribution in [1.82, 2.24) is 30.8 Å². The van der Waals surface area contributed by atoms with Gasteiger partial charge in [0.2, 0.25) is 0 Å². The number of methoxy groups -OCH3 is 1. The average Bonchev–Trinajstić information content (AvgIpc) is 3.41. The lowest BCUT2D eigenvalue weighted by molar-refractivity contribution is 0.415. The summed E-state index contributed by atoms with van der Waals surface area (Å²) in [5, 5.41) is 15.0. The summed E-state index contributed by atoms with van der Waals surface area (Å²) in [4.78, 5) is 14.9. The molecule has 0 spiro atoms. The average molecular weight is 541 g/mol. The Kier molecular flexibility index (Phi) is 10.0. The number of aliphatic imine (C=N–C) groups is 1. The Balaban J connectivity index is 0.00000320. The third-order valence-corrected chi connectivity index (χ3v) is 5.39. The van der Waals surface area contributed by atoms with Crippen molar-refractivity contribution in [1.29, 1.82) is 0 Å². The molecule has 162 valence electrons. The number of rotatable bonds is 9. The molecule has 3 N–H and O–H groups in total. The lowest BCUT2D eigenvalue weighted by atomic mass is 10.2. The van der Waals surface area contributed by atoms with Crippen LogP contribution in [0.1, 0.15) is 29.6 Å². The van der Waals surface area contributed by atoms with Gasteiger partial charge >= 0.3 is 0 Å². The highest BCUT2D eigenvalue weighted by Gasteiger charge is 2.07. The van der Waals surface area contributed by atoms with E-state index in [1.807, 2.05) is 37.4 Å². The van der Waals surface area contributed by atoms with Crippen LogP contribution in [0.5, 0.6) is 5.75 Å². The van der Waals surface area contributed by atoms with Crippen LogP contribution in [0.25, 0.3) is 11.4 Å². The molecule has 0 aliphatic rings. The smallest absolute Gasteiger partial charge is 0.191 e. The Morgan fingerprint density at radius 1 is 1.20 bits per heavy atom. The van der Waals surface area contributed by atoms with Crippen molar-refractivity contribution < 1.29 is 4.74 Å². The molecular formula is C20H28IN7OS. The number of aryl methyl sites for hydroxylation is 1. The second-order valence-corrected chi connectivity index (χ2v) is 7.48. The van der Waals surface area contributed by atoms with Gasteiger partial charge in [-0.15, -0.1) is 35.3 Å². The third kappa shape index (κ3) is 6.94. The molecule has 0 atom stereocenters. The molecule has 0 saturated heterocycles. The quantitative estimate of drug-likeness (QED) is 0.218. The van der Waals surface area contributed by atoms with Gasteiger partial charge in [0.15, 0.2) is 11.8 Å². The summed E-state index contributed by atoms with van der Waals surface area (Å²) >= 11 is 1.77. The summed E-state index contributed by atoms with van der Waals surface area (Å²) in [6.45, 7) is 6.17. The summed E-state index contributed by atoms with van der Waals surface area (Å²) in [6, 6.07) is 7.65. The van der Waals surface area contributed by atoms with E-state index < -0.39 is 0 Å². The number of ether oxygens (including phenoxy) is 1. The summed E-state index contributed by atoms with van der Waals surface area (Å²) in [5.41, 5.74) is 0.928. The molecule has 3 rings (SSSR count). The molecule has 2 heterocycles. The number of nitrogens with zero attached hydrogens (tertiary/aromatic N) is 4. The Hall–Kier alpha value is -2.21. The second-order valence-electron chi connectivity index (χ2n) is 6.28. The zero-order chi connectivity index (χ0) is 20.5. The molecular weight excluding hydrogens is 513 g/mol. The van der Waals surface area contributed by atoms with Crippen LogP contribution in [0.2, 0.25) is 0 Å². The fourth-order valence-electron chi connectivity index (χ4n) is 2.65. The summed E-state index contributed by atoms with van der Waals surface area (Å²) < 4.78 is 5.18. The Bertz CT molecular complexity index is 923. The molecule has 0 radical (unpaired) electrons. The fourth-order valence-corrected chi connectivity index (χ4v) is 3.51. The van der Waals surface area contributed by atoms with Crippen LogP contribution in [0.4, 0.5) is 0 Å². The van der Waals surface area contributed by atoms with Crippen molar-refractivity contribution in [2.24, 2.45) is 4.99 Å². The molecule has 0 saturated carbocycles. The van der Waals surface area contributed by atoms with E-state index in [1.165, 1.54) is 4.88 Å². The summed E-state index contributed by atoms with van der Waals surface area (Å²) in [6.07, 6.45) is 3.87. The van der Waals surface area contributed by atoms with Crippen molar-refractivity contribution in [3.8, 4) is 17.1 Å². The van der Waals surface area contributed by atoms with Gasteiger partial charge in [-0.05, 0) is 37.6 Å². The van der Waals surface area contributed by atoms with Gasteiger partial charge in [0.05, 0.1) is 12.1 Å². The van der Waals surface area contributed by atoms with Crippen LogP contribution in [-0.4, -0.2) is 46.3 Å². The van der Waals surface area contributed by atoms with Gasteiger partial charge in [0.1, 0.15) is 18.1 Å². The number of benzene rings is 1. The number of thiazole rings is 1. The van der Waals surface area contributed by atoms with Crippen molar-refractivity contribution in [3.63, 3.8) is 0 Å². The zero-order valence-electron chi connectivity index (χ0n) is 17.4. The van der Waals surface area contributed by atoms with Gasteiger partial charge in [-0.1, -0.05) is 6.92 Å². The van der Waals surface area contributed by atoms with Crippen molar-refractivity contribution in [2.75, 3.05) is 20.2 Å². The molecule has 1 aromatic carbocycles. The minimum atomic E-state index is 0. The number of aromatic amines is 1. The van der Waals surface area contributed by atoms with Crippen LogP contribution in [0, 0.1) is 0 Å². The predicted octanol–water partition coefficient (Wildman–Crippen LogP) is 3.42. The van der Waals surface area contributed by atoms with Crippen LogP contribution in [0.3, 0.4) is 0 Å². The predicted molar refractivity (Wildman–Crippen MR) is 132 cm³/mol. The first-order chi connectivity index (χ1) is 14.2. The van der Waals surface area contributed by atoms with E-state index in [0.717, 1.165) is 48.2 Å². The summed E-state index contributed by atoms with van der Waals surface area (Å²) in [5.74, 6) is 2.91. The first-order valence-electron chi connectivity index (χ1n) is 9.73. The number of H-pyrrole nitrogens is 1. The van der Waals surface area contributed by atoms with Gasteiger partial charge in [-0.25, -0.2) is 15.0 Å². The highest BCUT2D eigenvalue weighted by molar-refractivity contribution is 14.0. The van der Waals surface area contributed by atoms with Crippen molar-refractivity contribution in [2.45, 2.75) is 33.2 Å². The standard InChI is InChI=1S/C20H27N7OS.HI/c1-4-16-12-23-18(29-16)10-11-22-20(21-5-2)24-13-17-25-19(27-26-17)14-6-8-15(28-3)9-7-14;/h6-9,12H,4-5,10-11,13H2,1-3H3,(H2,21,22,24)(H,25,26,27);1H. The number of hydrogen-bond donors (Lipinski definition) is 3. The van der Waals surface area contributed by atoms with E-state index in [2.05, 4.69) is 42.7 Å². The third-order valence-electron chi connectivity index (χ3n) is 4.19. The van der Waals surface area contributed by atoms with Crippen molar-refractivity contribution in [3.05, 3.63) is 46.2 Å². The molecule has 0 amide bonds. The van der Waals surface area contributed by atoms with E-state index >= 15 is 0 Å². The molecule has 10 heteroatoms. The number of nitrogens with one attached hydrogen (secondary N) is 3. The molecule has 0 bridgehead atoms. The molecule has 0 unspecified atom stereocenters.